The van der Waals surface area contributed by atoms with Gasteiger partial charge in [-0.15, -0.1) is 0 Å². The van der Waals surface area contributed by atoms with Crippen molar-refractivity contribution in [2.45, 2.75) is 50.3 Å². The van der Waals surface area contributed by atoms with Gasteiger partial charge in [0.25, 0.3) is 0 Å². The second kappa shape index (κ2) is 9.59. The number of rotatable bonds is 10. The molecular formula is C20H27NO3S. The van der Waals surface area contributed by atoms with E-state index in [1.54, 1.807) is 36.4 Å². The molecule has 0 unspecified atom stereocenters. The molecule has 2 rings (SSSR count). The van der Waals surface area contributed by atoms with Crippen LogP contribution in [0.15, 0.2) is 53.4 Å². The van der Waals surface area contributed by atoms with Gasteiger partial charge in [-0.25, -0.2) is 13.1 Å². The van der Waals surface area contributed by atoms with Crippen molar-refractivity contribution in [3.63, 3.8) is 0 Å². The second-order valence-electron chi connectivity index (χ2n) is 6.27. The van der Waals surface area contributed by atoms with Gasteiger partial charge in [-0.3, -0.25) is 0 Å². The number of nitrogens with one attached hydrogen (secondary N) is 1. The van der Waals surface area contributed by atoms with Crippen LogP contribution >= 0.6 is 0 Å². The first kappa shape index (κ1) is 19.5. The number of benzene rings is 2. The van der Waals surface area contributed by atoms with Gasteiger partial charge in [0.2, 0.25) is 10.0 Å². The topological polar surface area (TPSA) is 66.4 Å². The van der Waals surface area contributed by atoms with E-state index in [-0.39, 0.29) is 5.75 Å². The molecule has 0 bridgehead atoms. The first-order valence-corrected chi connectivity index (χ1v) is 10.4. The summed E-state index contributed by atoms with van der Waals surface area (Å²) in [6.07, 6.45) is 6.40. The Bertz CT molecular complexity index is 738. The SMILES string of the molecule is CCCCCCc1ccc(S(=O)(=O)NCCc2ccc(O)cc2)cc1. The molecule has 5 heteroatoms. The van der Waals surface area contributed by atoms with Crippen LogP contribution in [-0.2, 0) is 22.9 Å². The Labute approximate surface area is 151 Å². The summed E-state index contributed by atoms with van der Waals surface area (Å²) in [6.45, 7) is 2.51. The normalized spacial score (nSPS) is 11.6. The van der Waals surface area contributed by atoms with Crippen LogP contribution in [0.3, 0.4) is 0 Å². The third-order valence-electron chi connectivity index (χ3n) is 4.19. The summed E-state index contributed by atoms with van der Waals surface area (Å²) in [5, 5.41) is 9.25. The lowest BCUT2D eigenvalue weighted by atomic mass is 10.1. The van der Waals surface area contributed by atoms with Gasteiger partial charge in [0.15, 0.2) is 0 Å². The molecule has 136 valence electrons. The predicted octanol–water partition coefficient (Wildman–Crippen LogP) is 4.04. The number of hydrogen-bond acceptors (Lipinski definition) is 3. The van der Waals surface area contributed by atoms with Gasteiger partial charge in [0.1, 0.15) is 5.75 Å². The van der Waals surface area contributed by atoms with Crippen molar-refractivity contribution < 1.29 is 13.5 Å². The Morgan fingerprint density at radius 2 is 1.44 bits per heavy atom. The zero-order valence-electron chi connectivity index (χ0n) is 14.7. The highest BCUT2D eigenvalue weighted by atomic mass is 32.2. The van der Waals surface area contributed by atoms with Crippen molar-refractivity contribution in [1.82, 2.24) is 4.72 Å². The highest BCUT2D eigenvalue weighted by Gasteiger charge is 2.13. The Morgan fingerprint density at radius 1 is 0.840 bits per heavy atom. The highest BCUT2D eigenvalue weighted by molar-refractivity contribution is 7.89. The summed E-state index contributed by atoms with van der Waals surface area (Å²) in [5.74, 6) is 0.208. The van der Waals surface area contributed by atoms with Crippen LogP contribution < -0.4 is 4.72 Å². The first-order chi connectivity index (χ1) is 12.0. The predicted molar refractivity (Wildman–Crippen MR) is 101 cm³/mol. The molecule has 0 radical (unpaired) electrons. The number of aryl methyl sites for hydroxylation is 1. The van der Waals surface area contributed by atoms with Crippen molar-refractivity contribution in [3.05, 3.63) is 59.7 Å². The summed E-state index contributed by atoms with van der Waals surface area (Å²) in [6, 6.07) is 13.9. The van der Waals surface area contributed by atoms with E-state index in [2.05, 4.69) is 11.6 Å². The van der Waals surface area contributed by atoms with Gasteiger partial charge in [-0.1, -0.05) is 50.5 Å². The van der Waals surface area contributed by atoms with Gasteiger partial charge < -0.3 is 5.11 Å². The van der Waals surface area contributed by atoms with Crippen molar-refractivity contribution in [3.8, 4) is 5.75 Å². The fourth-order valence-electron chi connectivity index (χ4n) is 2.67. The molecule has 0 aliphatic carbocycles. The molecular weight excluding hydrogens is 334 g/mol. The fourth-order valence-corrected chi connectivity index (χ4v) is 3.70. The molecule has 0 aliphatic heterocycles. The summed E-state index contributed by atoms with van der Waals surface area (Å²) >= 11 is 0. The molecule has 0 aromatic heterocycles. The van der Waals surface area contributed by atoms with E-state index >= 15 is 0 Å². The number of unbranched alkanes of at least 4 members (excludes halogenated alkanes) is 3. The molecule has 0 aliphatic rings. The number of phenolic OH excluding ortho intramolecular Hbond substituents is 1. The summed E-state index contributed by atoms with van der Waals surface area (Å²) in [5.41, 5.74) is 2.15. The quantitative estimate of drug-likeness (QED) is 0.628. The summed E-state index contributed by atoms with van der Waals surface area (Å²) in [4.78, 5) is 0.301. The molecule has 0 atom stereocenters. The number of phenols is 1. The Kier molecular flexibility index (Phi) is 7.47. The molecule has 0 spiro atoms. The monoisotopic (exact) mass is 361 g/mol. The van der Waals surface area contributed by atoms with Crippen LogP contribution in [0.1, 0.15) is 43.7 Å². The zero-order valence-corrected chi connectivity index (χ0v) is 15.6. The maximum absolute atomic E-state index is 12.3. The maximum atomic E-state index is 12.3. The van der Waals surface area contributed by atoms with Crippen molar-refractivity contribution in [2.24, 2.45) is 0 Å². The third-order valence-corrected chi connectivity index (χ3v) is 5.67. The smallest absolute Gasteiger partial charge is 0.240 e. The minimum Gasteiger partial charge on any atom is -0.508 e. The van der Waals surface area contributed by atoms with Crippen LogP contribution in [-0.4, -0.2) is 20.1 Å². The molecule has 0 heterocycles. The van der Waals surface area contributed by atoms with Crippen molar-refractivity contribution in [2.75, 3.05) is 6.54 Å². The van der Waals surface area contributed by atoms with Gasteiger partial charge in [0, 0.05) is 6.54 Å². The number of aromatic hydroxyl groups is 1. The summed E-state index contributed by atoms with van der Waals surface area (Å²) in [7, 11) is -3.48. The Balaban J connectivity index is 1.85. The summed E-state index contributed by atoms with van der Waals surface area (Å²) < 4.78 is 27.3. The highest BCUT2D eigenvalue weighted by Crippen LogP contribution is 2.14. The third kappa shape index (κ3) is 6.52. The van der Waals surface area contributed by atoms with Crippen LogP contribution in [0.4, 0.5) is 0 Å². The maximum Gasteiger partial charge on any atom is 0.240 e. The number of sulfonamides is 1. The molecule has 0 saturated heterocycles. The molecule has 2 N–H and O–H groups in total. The standard InChI is InChI=1S/C20H27NO3S/c1-2-3-4-5-6-17-9-13-20(14-10-17)25(23,24)21-16-15-18-7-11-19(22)12-8-18/h7-14,21-22H,2-6,15-16H2,1H3. The van der Waals surface area contributed by atoms with Crippen LogP contribution in [0, 0.1) is 0 Å². The fraction of sp³-hybridized carbons (Fsp3) is 0.400. The van der Waals surface area contributed by atoms with E-state index < -0.39 is 10.0 Å². The average molecular weight is 362 g/mol. The molecule has 0 amide bonds. The van der Waals surface area contributed by atoms with E-state index in [1.165, 1.54) is 24.8 Å². The minimum atomic E-state index is -3.48. The Hall–Kier alpha value is -1.85. The molecule has 0 fully saturated rings. The molecule has 0 saturated carbocycles. The second-order valence-corrected chi connectivity index (χ2v) is 8.04. The first-order valence-electron chi connectivity index (χ1n) is 8.88. The van der Waals surface area contributed by atoms with E-state index in [0.717, 1.165) is 18.4 Å². The van der Waals surface area contributed by atoms with Gasteiger partial charge >= 0.3 is 0 Å². The van der Waals surface area contributed by atoms with E-state index in [0.29, 0.717) is 17.9 Å². The Morgan fingerprint density at radius 3 is 2.08 bits per heavy atom. The van der Waals surface area contributed by atoms with Crippen molar-refractivity contribution >= 4 is 10.0 Å². The molecule has 25 heavy (non-hydrogen) atoms. The molecule has 2 aromatic carbocycles. The average Bonchev–Trinajstić information content (AvgIpc) is 2.61. The van der Waals surface area contributed by atoms with Gasteiger partial charge in [-0.05, 0) is 54.7 Å². The van der Waals surface area contributed by atoms with Crippen LogP contribution in [0.25, 0.3) is 0 Å². The van der Waals surface area contributed by atoms with Gasteiger partial charge in [-0.2, -0.15) is 0 Å². The van der Waals surface area contributed by atoms with E-state index in [1.807, 2.05) is 12.1 Å². The van der Waals surface area contributed by atoms with E-state index in [9.17, 15) is 13.5 Å². The largest absolute Gasteiger partial charge is 0.508 e. The molecule has 4 nitrogen and oxygen atoms in total. The minimum absolute atomic E-state index is 0.208. The lowest BCUT2D eigenvalue weighted by Gasteiger charge is -2.08. The lowest BCUT2D eigenvalue weighted by Crippen LogP contribution is -2.26. The van der Waals surface area contributed by atoms with E-state index in [4.69, 9.17) is 0 Å². The van der Waals surface area contributed by atoms with Crippen molar-refractivity contribution in [1.29, 1.82) is 0 Å². The van der Waals surface area contributed by atoms with Crippen LogP contribution in [0.2, 0.25) is 0 Å². The number of hydrogen-bond donors (Lipinski definition) is 2. The lowest BCUT2D eigenvalue weighted by molar-refractivity contribution is 0.475. The van der Waals surface area contributed by atoms with Crippen LogP contribution in [0.5, 0.6) is 5.75 Å². The molecule has 2 aromatic rings. The zero-order chi connectivity index (χ0) is 18.1. The van der Waals surface area contributed by atoms with Gasteiger partial charge in [0.05, 0.1) is 4.90 Å².